The van der Waals surface area contributed by atoms with Gasteiger partial charge in [-0.2, -0.15) is 0 Å². The molecule has 1 aromatic rings. The molecule has 0 amide bonds. The molecular weight excluding hydrogens is 252 g/mol. The molecule has 0 spiro atoms. The van der Waals surface area contributed by atoms with E-state index in [9.17, 15) is 9.90 Å². The average Bonchev–Trinajstić information content (AvgIpc) is 2.90. The van der Waals surface area contributed by atoms with Gasteiger partial charge in [0, 0.05) is 29.5 Å². The summed E-state index contributed by atoms with van der Waals surface area (Å²) in [5.41, 5.74) is 3.03. The number of carbonyl (C=O) groups is 1. The minimum Gasteiger partial charge on any atom is -0.395 e. The van der Waals surface area contributed by atoms with E-state index in [0.717, 1.165) is 36.5 Å². The van der Waals surface area contributed by atoms with E-state index >= 15 is 0 Å². The summed E-state index contributed by atoms with van der Waals surface area (Å²) in [4.78, 5) is 14.7. The number of aliphatic hydroxyl groups excluding tert-OH is 1. The lowest BCUT2D eigenvalue weighted by Gasteiger charge is -2.24. The number of ketones is 1. The summed E-state index contributed by atoms with van der Waals surface area (Å²) in [5.74, 6) is 0.640. The highest BCUT2D eigenvalue weighted by molar-refractivity contribution is 5.99. The summed E-state index contributed by atoms with van der Waals surface area (Å²) in [7, 11) is 0. The van der Waals surface area contributed by atoms with Crippen molar-refractivity contribution in [1.82, 2.24) is 9.47 Å². The van der Waals surface area contributed by atoms with Crippen molar-refractivity contribution < 1.29 is 9.90 Å². The van der Waals surface area contributed by atoms with E-state index < -0.39 is 0 Å². The Morgan fingerprint density at radius 2 is 2.15 bits per heavy atom. The van der Waals surface area contributed by atoms with Gasteiger partial charge in [-0.3, -0.25) is 9.69 Å². The van der Waals surface area contributed by atoms with Crippen molar-refractivity contribution in [2.75, 3.05) is 19.7 Å². The van der Waals surface area contributed by atoms with E-state index in [0.29, 0.717) is 12.5 Å². The summed E-state index contributed by atoms with van der Waals surface area (Å²) in [5, 5.41) is 9.47. The van der Waals surface area contributed by atoms with Crippen molar-refractivity contribution in [2.24, 2.45) is 5.92 Å². The van der Waals surface area contributed by atoms with E-state index in [4.69, 9.17) is 0 Å². The maximum Gasteiger partial charge on any atom is 0.178 e. The topological polar surface area (TPSA) is 45.5 Å². The van der Waals surface area contributed by atoms with Crippen LogP contribution in [0.3, 0.4) is 0 Å². The second-order valence-electron chi connectivity index (χ2n) is 5.94. The Bertz CT molecular complexity index is 493. The second-order valence-corrected chi connectivity index (χ2v) is 5.94. The number of carbonyl (C=O) groups excluding carboxylic acids is 1. The molecule has 1 fully saturated rings. The molecule has 1 aromatic heterocycles. The smallest absolute Gasteiger partial charge is 0.178 e. The average molecular weight is 278 g/mol. The van der Waals surface area contributed by atoms with Crippen LogP contribution in [0.2, 0.25) is 0 Å². The van der Waals surface area contributed by atoms with E-state index in [-0.39, 0.29) is 18.4 Å². The van der Waals surface area contributed by atoms with Crippen LogP contribution in [0.4, 0.5) is 0 Å². The van der Waals surface area contributed by atoms with Gasteiger partial charge < -0.3 is 9.67 Å². The van der Waals surface area contributed by atoms with E-state index in [1.807, 2.05) is 19.9 Å². The van der Waals surface area contributed by atoms with E-state index in [2.05, 4.69) is 23.3 Å². The minimum atomic E-state index is 0.133. The molecule has 1 N–H and O–H groups in total. The second kappa shape index (κ2) is 6.10. The van der Waals surface area contributed by atoms with Gasteiger partial charge in [0.05, 0.1) is 13.2 Å². The third kappa shape index (κ3) is 2.67. The van der Waals surface area contributed by atoms with Gasteiger partial charge in [0.25, 0.3) is 0 Å². The molecule has 0 aromatic carbocycles. The lowest BCUT2D eigenvalue weighted by atomic mass is 10.0. The number of aryl methyl sites for hydroxylation is 1. The maximum absolute atomic E-state index is 12.5. The molecule has 0 bridgehead atoms. The first-order chi connectivity index (χ1) is 9.49. The minimum absolute atomic E-state index is 0.133. The fraction of sp³-hybridized carbons (Fsp3) is 0.688. The Morgan fingerprint density at radius 1 is 1.45 bits per heavy atom. The van der Waals surface area contributed by atoms with Gasteiger partial charge in [-0.1, -0.05) is 6.92 Å². The van der Waals surface area contributed by atoms with Crippen LogP contribution < -0.4 is 0 Å². The van der Waals surface area contributed by atoms with Gasteiger partial charge in [-0.25, -0.2) is 0 Å². The lowest BCUT2D eigenvalue weighted by Crippen LogP contribution is -2.38. The molecule has 1 saturated heterocycles. The molecule has 1 aliphatic rings. The molecule has 0 saturated carbocycles. The Morgan fingerprint density at radius 3 is 2.70 bits per heavy atom. The molecule has 2 heterocycles. The van der Waals surface area contributed by atoms with Crippen LogP contribution >= 0.6 is 0 Å². The van der Waals surface area contributed by atoms with Gasteiger partial charge in [-0.15, -0.1) is 0 Å². The first-order valence-corrected chi connectivity index (χ1v) is 7.54. The van der Waals surface area contributed by atoms with Crippen molar-refractivity contribution >= 4 is 5.78 Å². The molecular formula is C16H26N2O2. The predicted molar refractivity (Wildman–Crippen MR) is 80.1 cm³/mol. The van der Waals surface area contributed by atoms with Crippen LogP contribution in [0.1, 0.15) is 42.0 Å². The van der Waals surface area contributed by atoms with Gasteiger partial charge in [0.1, 0.15) is 0 Å². The highest BCUT2D eigenvalue weighted by Gasteiger charge is 2.32. The third-order valence-electron chi connectivity index (χ3n) is 4.72. The monoisotopic (exact) mass is 278 g/mol. The molecule has 2 atom stereocenters. The van der Waals surface area contributed by atoms with Crippen molar-refractivity contribution in [3.63, 3.8) is 0 Å². The fourth-order valence-electron chi connectivity index (χ4n) is 3.42. The Kier molecular flexibility index (Phi) is 4.66. The Balaban J connectivity index is 2.13. The number of likely N-dealkylation sites (tertiary alicyclic amines) is 1. The zero-order chi connectivity index (χ0) is 14.9. The molecule has 2 rings (SSSR count). The number of Topliss-reactive ketones (excluding diaryl/α,β-unsaturated/α-hetero) is 1. The standard InChI is InChI=1S/C16H26N2O2/c1-5-18-12(3)8-14(13(18)4)16(20)9-17-7-6-11(2)15(17)10-19/h8,11,15,19H,5-7,9-10H2,1-4H3. The number of rotatable bonds is 5. The zero-order valence-electron chi connectivity index (χ0n) is 13.0. The van der Waals surface area contributed by atoms with Crippen LogP contribution in [-0.4, -0.2) is 46.1 Å². The van der Waals surface area contributed by atoms with Gasteiger partial charge in [0.2, 0.25) is 0 Å². The Labute approximate surface area is 121 Å². The van der Waals surface area contributed by atoms with Gasteiger partial charge in [0.15, 0.2) is 5.78 Å². The summed E-state index contributed by atoms with van der Waals surface area (Å²) >= 11 is 0. The van der Waals surface area contributed by atoms with Gasteiger partial charge >= 0.3 is 0 Å². The molecule has 112 valence electrons. The maximum atomic E-state index is 12.5. The summed E-state index contributed by atoms with van der Waals surface area (Å²) in [6.07, 6.45) is 1.06. The number of hydrogen-bond acceptors (Lipinski definition) is 3. The van der Waals surface area contributed by atoms with Crippen LogP contribution in [0.5, 0.6) is 0 Å². The highest BCUT2D eigenvalue weighted by Crippen LogP contribution is 2.24. The largest absolute Gasteiger partial charge is 0.395 e. The summed E-state index contributed by atoms with van der Waals surface area (Å²) < 4.78 is 2.17. The van der Waals surface area contributed by atoms with E-state index in [1.54, 1.807) is 0 Å². The molecule has 20 heavy (non-hydrogen) atoms. The van der Waals surface area contributed by atoms with Crippen LogP contribution in [0, 0.1) is 19.8 Å². The molecule has 4 nitrogen and oxygen atoms in total. The Hall–Kier alpha value is -1.13. The summed E-state index contributed by atoms with van der Waals surface area (Å²) in [6, 6.07) is 2.13. The predicted octanol–water partition coefficient (Wildman–Crippen LogP) is 2.01. The zero-order valence-corrected chi connectivity index (χ0v) is 13.0. The van der Waals surface area contributed by atoms with Crippen molar-refractivity contribution in [2.45, 2.75) is 46.7 Å². The van der Waals surface area contributed by atoms with Crippen molar-refractivity contribution in [3.05, 3.63) is 23.0 Å². The molecule has 0 radical (unpaired) electrons. The van der Waals surface area contributed by atoms with E-state index in [1.165, 1.54) is 0 Å². The molecule has 2 unspecified atom stereocenters. The molecule has 1 aliphatic heterocycles. The SMILES string of the molecule is CCn1c(C)cc(C(=O)CN2CCC(C)C2CO)c1C. The number of aromatic nitrogens is 1. The quantitative estimate of drug-likeness (QED) is 0.838. The third-order valence-corrected chi connectivity index (χ3v) is 4.72. The van der Waals surface area contributed by atoms with Gasteiger partial charge in [-0.05, 0) is 45.7 Å². The normalized spacial score (nSPS) is 23.4. The first-order valence-electron chi connectivity index (χ1n) is 7.54. The lowest BCUT2D eigenvalue weighted by molar-refractivity contribution is 0.0865. The number of hydrogen-bond donors (Lipinski definition) is 1. The fourth-order valence-corrected chi connectivity index (χ4v) is 3.42. The number of nitrogens with zero attached hydrogens (tertiary/aromatic N) is 2. The van der Waals surface area contributed by atoms with Crippen LogP contribution in [-0.2, 0) is 6.54 Å². The molecule has 0 aliphatic carbocycles. The first kappa shape index (κ1) is 15.3. The van der Waals surface area contributed by atoms with Crippen molar-refractivity contribution in [3.8, 4) is 0 Å². The summed E-state index contributed by atoms with van der Waals surface area (Å²) in [6.45, 7) is 10.7. The molecule has 4 heteroatoms. The highest BCUT2D eigenvalue weighted by atomic mass is 16.3. The van der Waals surface area contributed by atoms with Crippen LogP contribution in [0.15, 0.2) is 6.07 Å². The van der Waals surface area contributed by atoms with Crippen LogP contribution in [0.25, 0.3) is 0 Å². The van der Waals surface area contributed by atoms with Crippen molar-refractivity contribution in [1.29, 1.82) is 0 Å². The number of aliphatic hydroxyl groups is 1.